The van der Waals surface area contributed by atoms with Crippen molar-refractivity contribution in [3.8, 4) is 5.75 Å². The van der Waals surface area contributed by atoms with Gasteiger partial charge in [-0.3, -0.25) is 0 Å². The fraction of sp³-hybridized carbons (Fsp3) is 0.538. The van der Waals surface area contributed by atoms with Crippen LogP contribution in [-0.2, 0) is 6.42 Å². The smallest absolute Gasteiger partial charge is 0.203 e. The molecule has 0 unspecified atom stereocenters. The number of rotatable bonds is 4. The molecule has 0 aliphatic carbocycles. The molecule has 0 saturated carbocycles. The minimum Gasteiger partial charge on any atom is -0.491 e. The molecule has 1 fully saturated rings. The van der Waals surface area contributed by atoms with Gasteiger partial charge in [-0.25, -0.2) is 8.78 Å². The molecule has 0 radical (unpaired) electrons. The molecule has 1 saturated heterocycles. The summed E-state index contributed by atoms with van der Waals surface area (Å²) in [4.78, 5) is 2.16. The molecule has 2 rings (SSSR count). The fourth-order valence-corrected chi connectivity index (χ4v) is 2.20. The molecule has 1 aliphatic rings. The van der Waals surface area contributed by atoms with Crippen LogP contribution in [0.15, 0.2) is 6.07 Å². The van der Waals surface area contributed by atoms with E-state index in [2.05, 4.69) is 15.0 Å². The molecule has 1 aromatic carbocycles. The number of piperazine rings is 1. The van der Waals surface area contributed by atoms with Crippen LogP contribution < -0.4 is 10.1 Å². The van der Waals surface area contributed by atoms with Gasteiger partial charge in [0.25, 0.3) is 0 Å². The Morgan fingerprint density at radius 1 is 1.21 bits per heavy atom. The van der Waals surface area contributed by atoms with Crippen molar-refractivity contribution < 1.29 is 17.9 Å². The number of benzene rings is 1. The molecular formula is C13H17F3N2O. The van der Waals surface area contributed by atoms with Crippen LogP contribution in [0.1, 0.15) is 5.56 Å². The summed E-state index contributed by atoms with van der Waals surface area (Å²) in [6, 6.07) is 0.912. The number of nitrogens with zero attached hydrogens (tertiary/aromatic N) is 1. The standard InChI is InChI=1S/C13H17F3N2O/c1-19-13-11(15)9(8-10(14)12(13)16)2-5-18-6-3-17-4-7-18/h8,17H,2-7H2,1H3. The van der Waals surface area contributed by atoms with Gasteiger partial charge in [0.1, 0.15) is 0 Å². The lowest BCUT2D eigenvalue weighted by Gasteiger charge is -2.27. The number of halogens is 3. The van der Waals surface area contributed by atoms with Gasteiger partial charge in [-0.15, -0.1) is 0 Å². The molecule has 1 aromatic rings. The highest BCUT2D eigenvalue weighted by molar-refractivity contribution is 5.34. The number of methoxy groups -OCH3 is 1. The molecule has 106 valence electrons. The van der Waals surface area contributed by atoms with Crippen LogP contribution in [0, 0.1) is 17.5 Å². The quantitative estimate of drug-likeness (QED) is 0.843. The van der Waals surface area contributed by atoms with Crippen LogP contribution in [0.4, 0.5) is 13.2 Å². The predicted octanol–water partition coefficient (Wildman–Crippen LogP) is 1.56. The zero-order chi connectivity index (χ0) is 13.8. The summed E-state index contributed by atoms with van der Waals surface area (Å²) in [5.41, 5.74) is 0.147. The van der Waals surface area contributed by atoms with Crippen LogP contribution in [0.5, 0.6) is 5.75 Å². The van der Waals surface area contributed by atoms with Gasteiger partial charge < -0.3 is 15.0 Å². The van der Waals surface area contributed by atoms with Crippen molar-refractivity contribution in [2.45, 2.75) is 6.42 Å². The third-order valence-electron chi connectivity index (χ3n) is 3.30. The normalized spacial score (nSPS) is 16.6. The molecule has 0 aromatic heterocycles. The van der Waals surface area contributed by atoms with Crippen molar-refractivity contribution in [3.05, 3.63) is 29.1 Å². The zero-order valence-electron chi connectivity index (χ0n) is 10.8. The molecule has 1 N–H and O–H groups in total. The SMILES string of the molecule is COc1c(F)c(F)cc(CCN2CCNCC2)c1F. The molecule has 1 aliphatic heterocycles. The summed E-state index contributed by atoms with van der Waals surface area (Å²) >= 11 is 0. The van der Waals surface area contributed by atoms with Gasteiger partial charge in [0.05, 0.1) is 7.11 Å². The number of nitrogens with one attached hydrogen (secondary N) is 1. The van der Waals surface area contributed by atoms with E-state index < -0.39 is 23.2 Å². The second kappa shape index (κ2) is 6.25. The zero-order valence-corrected chi connectivity index (χ0v) is 10.8. The predicted molar refractivity (Wildman–Crippen MR) is 65.9 cm³/mol. The van der Waals surface area contributed by atoms with Gasteiger partial charge in [-0.05, 0) is 18.1 Å². The Morgan fingerprint density at radius 3 is 2.53 bits per heavy atom. The lowest BCUT2D eigenvalue weighted by Crippen LogP contribution is -2.44. The van der Waals surface area contributed by atoms with Crippen LogP contribution in [0.25, 0.3) is 0 Å². The summed E-state index contributed by atoms with van der Waals surface area (Å²) in [5.74, 6) is -3.80. The lowest BCUT2D eigenvalue weighted by atomic mass is 10.1. The van der Waals surface area contributed by atoms with Crippen LogP contribution in [-0.4, -0.2) is 44.7 Å². The molecule has 19 heavy (non-hydrogen) atoms. The first-order valence-electron chi connectivity index (χ1n) is 6.27. The highest BCUT2D eigenvalue weighted by Gasteiger charge is 2.20. The molecule has 0 bridgehead atoms. The topological polar surface area (TPSA) is 24.5 Å². The van der Waals surface area contributed by atoms with Crippen molar-refractivity contribution in [2.24, 2.45) is 0 Å². The first-order chi connectivity index (χ1) is 9.13. The molecule has 1 heterocycles. The number of ether oxygens (including phenoxy) is 1. The Balaban J connectivity index is 2.09. The van der Waals surface area contributed by atoms with E-state index in [1.165, 1.54) is 0 Å². The first-order valence-corrected chi connectivity index (χ1v) is 6.27. The minimum absolute atomic E-state index is 0.147. The van der Waals surface area contributed by atoms with Gasteiger partial charge in [0.2, 0.25) is 5.82 Å². The van der Waals surface area contributed by atoms with Gasteiger partial charge in [0.15, 0.2) is 17.4 Å². The first kappa shape index (κ1) is 14.1. The van der Waals surface area contributed by atoms with E-state index in [0.717, 1.165) is 39.4 Å². The summed E-state index contributed by atoms with van der Waals surface area (Å²) in [5, 5.41) is 3.21. The summed E-state index contributed by atoms with van der Waals surface area (Å²) in [7, 11) is 1.13. The van der Waals surface area contributed by atoms with E-state index in [9.17, 15) is 13.2 Å². The largest absolute Gasteiger partial charge is 0.491 e. The lowest BCUT2D eigenvalue weighted by molar-refractivity contribution is 0.242. The summed E-state index contributed by atoms with van der Waals surface area (Å²) < 4.78 is 45.1. The average molecular weight is 274 g/mol. The maximum atomic E-state index is 13.9. The highest BCUT2D eigenvalue weighted by Crippen LogP contribution is 2.27. The average Bonchev–Trinajstić information content (AvgIpc) is 2.43. The molecule has 6 heteroatoms. The maximum absolute atomic E-state index is 13.9. The van der Waals surface area contributed by atoms with Crippen molar-refractivity contribution in [1.29, 1.82) is 0 Å². The van der Waals surface area contributed by atoms with Crippen molar-refractivity contribution in [1.82, 2.24) is 10.2 Å². The molecule has 0 amide bonds. The van der Waals surface area contributed by atoms with E-state index in [-0.39, 0.29) is 5.56 Å². The second-order valence-electron chi connectivity index (χ2n) is 4.52. The maximum Gasteiger partial charge on any atom is 0.203 e. The molecule has 0 atom stereocenters. The molecule has 0 spiro atoms. The number of hydrogen-bond acceptors (Lipinski definition) is 3. The summed E-state index contributed by atoms with van der Waals surface area (Å²) in [6.07, 6.45) is 0.333. The van der Waals surface area contributed by atoms with Gasteiger partial charge in [0, 0.05) is 32.7 Å². The van der Waals surface area contributed by atoms with Crippen molar-refractivity contribution >= 4 is 0 Å². The Hall–Kier alpha value is -1.27. The van der Waals surface area contributed by atoms with Crippen LogP contribution >= 0.6 is 0 Å². The summed E-state index contributed by atoms with van der Waals surface area (Å²) in [6.45, 7) is 4.16. The molecular weight excluding hydrogens is 257 g/mol. The van der Waals surface area contributed by atoms with E-state index in [0.29, 0.717) is 13.0 Å². The van der Waals surface area contributed by atoms with E-state index in [4.69, 9.17) is 0 Å². The Kier molecular flexibility index (Phi) is 4.66. The minimum atomic E-state index is -1.27. The second-order valence-corrected chi connectivity index (χ2v) is 4.52. The van der Waals surface area contributed by atoms with E-state index in [1.54, 1.807) is 0 Å². The molecule has 3 nitrogen and oxygen atoms in total. The van der Waals surface area contributed by atoms with Crippen molar-refractivity contribution in [2.75, 3.05) is 39.8 Å². The monoisotopic (exact) mass is 274 g/mol. The van der Waals surface area contributed by atoms with Gasteiger partial charge >= 0.3 is 0 Å². The van der Waals surface area contributed by atoms with Gasteiger partial charge in [-0.1, -0.05) is 0 Å². The van der Waals surface area contributed by atoms with E-state index in [1.807, 2.05) is 0 Å². The number of hydrogen-bond donors (Lipinski definition) is 1. The third-order valence-corrected chi connectivity index (χ3v) is 3.30. The Labute approximate surface area is 110 Å². The highest BCUT2D eigenvalue weighted by atomic mass is 19.2. The fourth-order valence-electron chi connectivity index (χ4n) is 2.20. The third kappa shape index (κ3) is 3.19. The Morgan fingerprint density at radius 2 is 1.89 bits per heavy atom. The van der Waals surface area contributed by atoms with Crippen molar-refractivity contribution in [3.63, 3.8) is 0 Å². The Bertz CT molecular complexity index is 448. The van der Waals surface area contributed by atoms with E-state index >= 15 is 0 Å². The van der Waals surface area contributed by atoms with Crippen LogP contribution in [0.2, 0.25) is 0 Å². The van der Waals surface area contributed by atoms with Crippen LogP contribution in [0.3, 0.4) is 0 Å². The van der Waals surface area contributed by atoms with Gasteiger partial charge in [-0.2, -0.15) is 4.39 Å².